The number of benzene rings is 1. The van der Waals surface area contributed by atoms with E-state index in [1.165, 1.54) is 11.1 Å². The molecule has 0 spiro atoms. The van der Waals surface area contributed by atoms with Gasteiger partial charge in [-0.2, -0.15) is 0 Å². The number of hydrogen-bond donors (Lipinski definition) is 2. The number of ether oxygens (including phenoxy) is 2. The molecule has 2 atom stereocenters. The molecular weight excluding hydrogens is 352 g/mol. The number of nitrogens with one attached hydrogen (secondary N) is 2. The highest BCUT2D eigenvalue weighted by atomic mass is 16.5. The van der Waals surface area contributed by atoms with Crippen molar-refractivity contribution in [3.8, 4) is 0 Å². The summed E-state index contributed by atoms with van der Waals surface area (Å²) in [6.07, 6.45) is 2.21. The minimum absolute atomic E-state index is 0.123. The summed E-state index contributed by atoms with van der Waals surface area (Å²) in [6, 6.07) is 9.12. The van der Waals surface area contributed by atoms with E-state index in [0.717, 1.165) is 64.8 Å². The normalized spacial score (nSPS) is 24.9. The van der Waals surface area contributed by atoms with Crippen molar-refractivity contribution in [2.75, 3.05) is 52.5 Å². The monoisotopic (exact) mass is 388 g/mol. The van der Waals surface area contributed by atoms with Gasteiger partial charge in [0.25, 0.3) is 0 Å². The van der Waals surface area contributed by atoms with Crippen molar-refractivity contribution in [2.24, 2.45) is 4.99 Å². The first kappa shape index (κ1) is 21.1. The van der Waals surface area contributed by atoms with E-state index in [4.69, 9.17) is 14.5 Å². The highest BCUT2D eigenvalue weighted by Crippen LogP contribution is 2.25. The van der Waals surface area contributed by atoms with Gasteiger partial charge in [0.2, 0.25) is 0 Å². The summed E-state index contributed by atoms with van der Waals surface area (Å²) in [5.41, 5.74) is 2.52. The summed E-state index contributed by atoms with van der Waals surface area (Å²) in [5.74, 6) is 0.866. The molecule has 0 bridgehead atoms. The van der Waals surface area contributed by atoms with Crippen LogP contribution < -0.4 is 10.6 Å². The zero-order valence-electron chi connectivity index (χ0n) is 17.7. The summed E-state index contributed by atoms with van der Waals surface area (Å²) in [5, 5.41) is 6.96. The number of morpholine rings is 1. The van der Waals surface area contributed by atoms with E-state index in [-0.39, 0.29) is 5.60 Å². The van der Waals surface area contributed by atoms with Crippen molar-refractivity contribution < 1.29 is 9.47 Å². The third-order valence-corrected chi connectivity index (χ3v) is 5.59. The lowest BCUT2D eigenvalue weighted by Crippen LogP contribution is -2.46. The second-order valence-corrected chi connectivity index (χ2v) is 8.06. The molecule has 156 valence electrons. The lowest BCUT2D eigenvalue weighted by molar-refractivity contribution is 0.0169. The molecule has 0 aromatic heterocycles. The van der Waals surface area contributed by atoms with Crippen molar-refractivity contribution in [1.29, 1.82) is 0 Å². The van der Waals surface area contributed by atoms with Crippen LogP contribution in [-0.2, 0) is 9.47 Å². The van der Waals surface area contributed by atoms with E-state index >= 15 is 0 Å². The maximum Gasteiger partial charge on any atom is 0.191 e. The topological polar surface area (TPSA) is 58.1 Å². The SMILES string of the molecule is CCNC(=NCC1(C)CCCO1)NCC(c1cccc(C)c1)N1CCOCC1. The Kier molecular flexibility index (Phi) is 7.71. The van der Waals surface area contributed by atoms with Gasteiger partial charge in [-0.3, -0.25) is 9.89 Å². The van der Waals surface area contributed by atoms with Gasteiger partial charge < -0.3 is 20.1 Å². The molecule has 2 saturated heterocycles. The van der Waals surface area contributed by atoms with E-state index in [2.05, 4.69) is 60.6 Å². The van der Waals surface area contributed by atoms with Crippen LogP contribution in [-0.4, -0.2) is 69.0 Å². The Labute approximate surface area is 169 Å². The van der Waals surface area contributed by atoms with Gasteiger partial charge in [-0.1, -0.05) is 29.8 Å². The number of aliphatic imine (C=N–C) groups is 1. The van der Waals surface area contributed by atoms with Crippen molar-refractivity contribution in [3.63, 3.8) is 0 Å². The molecule has 0 radical (unpaired) electrons. The van der Waals surface area contributed by atoms with Crippen LogP contribution >= 0.6 is 0 Å². The lowest BCUT2D eigenvalue weighted by atomic mass is 10.0. The Balaban J connectivity index is 1.69. The van der Waals surface area contributed by atoms with E-state index in [1.807, 2.05) is 0 Å². The fraction of sp³-hybridized carbons (Fsp3) is 0.682. The van der Waals surface area contributed by atoms with Crippen molar-refractivity contribution in [2.45, 2.75) is 45.3 Å². The van der Waals surface area contributed by atoms with Crippen LogP contribution in [0.5, 0.6) is 0 Å². The first-order valence-corrected chi connectivity index (χ1v) is 10.6. The smallest absolute Gasteiger partial charge is 0.191 e. The molecule has 2 aliphatic rings. The Morgan fingerprint density at radius 2 is 2.07 bits per heavy atom. The molecule has 6 nitrogen and oxygen atoms in total. The second-order valence-electron chi connectivity index (χ2n) is 8.06. The van der Waals surface area contributed by atoms with Gasteiger partial charge >= 0.3 is 0 Å². The van der Waals surface area contributed by atoms with Crippen LogP contribution in [0.4, 0.5) is 0 Å². The molecule has 2 fully saturated rings. The molecule has 6 heteroatoms. The zero-order valence-corrected chi connectivity index (χ0v) is 17.7. The molecule has 1 aromatic rings. The first-order valence-electron chi connectivity index (χ1n) is 10.6. The molecule has 0 aliphatic carbocycles. The minimum atomic E-state index is -0.123. The Morgan fingerprint density at radius 1 is 1.25 bits per heavy atom. The highest BCUT2D eigenvalue weighted by molar-refractivity contribution is 5.79. The number of rotatable bonds is 7. The van der Waals surface area contributed by atoms with Gasteiger partial charge in [-0.15, -0.1) is 0 Å². The highest BCUT2D eigenvalue weighted by Gasteiger charge is 2.29. The van der Waals surface area contributed by atoms with Crippen molar-refractivity contribution in [3.05, 3.63) is 35.4 Å². The average molecular weight is 389 g/mol. The van der Waals surface area contributed by atoms with Crippen LogP contribution in [0.1, 0.15) is 43.9 Å². The maximum atomic E-state index is 5.89. The van der Waals surface area contributed by atoms with Gasteiger partial charge in [-0.05, 0) is 39.2 Å². The molecule has 2 aliphatic heterocycles. The van der Waals surface area contributed by atoms with Crippen molar-refractivity contribution in [1.82, 2.24) is 15.5 Å². The van der Waals surface area contributed by atoms with E-state index in [9.17, 15) is 0 Å². The van der Waals surface area contributed by atoms with Crippen molar-refractivity contribution >= 4 is 5.96 Å². The number of hydrogen-bond acceptors (Lipinski definition) is 4. The van der Waals surface area contributed by atoms with E-state index in [1.54, 1.807) is 0 Å². The quantitative estimate of drug-likeness (QED) is 0.555. The number of aryl methyl sites for hydroxylation is 1. The maximum absolute atomic E-state index is 5.89. The molecule has 0 amide bonds. The molecule has 1 aromatic carbocycles. The van der Waals surface area contributed by atoms with E-state index < -0.39 is 0 Å². The van der Waals surface area contributed by atoms with Gasteiger partial charge in [0.05, 0.1) is 31.4 Å². The summed E-state index contributed by atoms with van der Waals surface area (Å²) < 4.78 is 11.5. The lowest BCUT2D eigenvalue weighted by Gasteiger charge is -2.35. The third kappa shape index (κ3) is 5.93. The predicted octanol–water partition coefficient (Wildman–Crippen LogP) is 2.49. The third-order valence-electron chi connectivity index (χ3n) is 5.59. The molecular formula is C22H36N4O2. The zero-order chi connectivity index (χ0) is 19.8. The van der Waals surface area contributed by atoms with Crippen LogP contribution in [0.3, 0.4) is 0 Å². The molecule has 2 N–H and O–H groups in total. The number of nitrogens with zero attached hydrogens (tertiary/aromatic N) is 2. The van der Waals surface area contributed by atoms with Crippen LogP contribution in [0, 0.1) is 6.92 Å². The molecule has 3 rings (SSSR count). The summed E-state index contributed by atoms with van der Waals surface area (Å²) in [4.78, 5) is 7.33. The molecule has 28 heavy (non-hydrogen) atoms. The number of guanidine groups is 1. The Morgan fingerprint density at radius 3 is 2.75 bits per heavy atom. The Hall–Kier alpha value is -1.63. The van der Waals surface area contributed by atoms with Gasteiger partial charge in [-0.25, -0.2) is 0 Å². The van der Waals surface area contributed by atoms with Gasteiger partial charge in [0.15, 0.2) is 5.96 Å². The summed E-state index contributed by atoms with van der Waals surface area (Å²) >= 11 is 0. The minimum Gasteiger partial charge on any atom is -0.379 e. The largest absolute Gasteiger partial charge is 0.379 e. The Bertz CT molecular complexity index is 637. The second kappa shape index (κ2) is 10.2. The summed E-state index contributed by atoms with van der Waals surface area (Å²) in [6.45, 7) is 13.1. The van der Waals surface area contributed by atoms with Crippen LogP contribution in [0.2, 0.25) is 0 Å². The molecule has 2 heterocycles. The van der Waals surface area contributed by atoms with E-state index in [0.29, 0.717) is 12.6 Å². The van der Waals surface area contributed by atoms with Gasteiger partial charge in [0.1, 0.15) is 0 Å². The van der Waals surface area contributed by atoms with Crippen LogP contribution in [0.15, 0.2) is 29.3 Å². The average Bonchev–Trinajstić information content (AvgIpc) is 3.14. The standard InChI is InChI=1S/C22H36N4O2/c1-4-23-21(25-17-22(3)9-6-12-28-22)24-16-20(26-10-13-27-14-11-26)19-8-5-7-18(2)15-19/h5,7-8,15,20H,4,6,9-14,16-17H2,1-3H3,(H2,23,24,25). The fourth-order valence-electron chi connectivity index (χ4n) is 3.97. The fourth-order valence-corrected chi connectivity index (χ4v) is 3.97. The molecule has 0 saturated carbocycles. The summed E-state index contributed by atoms with van der Waals surface area (Å²) in [7, 11) is 0. The first-order chi connectivity index (χ1) is 13.6. The predicted molar refractivity (Wildman–Crippen MR) is 114 cm³/mol. The van der Waals surface area contributed by atoms with Crippen LogP contribution in [0.25, 0.3) is 0 Å². The molecule has 2 unspecified atom stereocenters. The van der Waals surface area contributed by atoms with Gasteiger partial charge in [0, 0.05) is 32.8 Å².